The van der Waals surface area contributed by atoms with E-state index < -0.39 is 0 Å². The Morgan fingerprint density at radius 1 is 1.56 bits per heavy atom. The van der Waals surface area contributed by atoms with E-state index in [0.717, 1.165) is 0 Å². The van der Waals surface area contributed by atoms with Gasteiger partial charge in [-0.25, -0.2) is 0 Å². The minimum atomic E-state index is -0.250. The summed E-state index contributed by atoms with van der Waals surface area (Å²) in [7, 11) is 1.79. The molecule has 0 saturated heterocycles. The zero-order valence-corrected chi connectivity index (χ0v) is 9.55. The number of esters is 1. The fraction of sp³-hybridized carbons (Fsp3) is 0.455. The zero-order chi connectivity index (χ0) is 11.8. The molecule has 0 aliphatic rings. The van der Waals surface area contributed by atoms with Gasteiger partial charge in [0, 0.05) is 6.20 Å². The Morgan fingerprint density at radius 3 is 3.00 bits per heavy atom. The van der Waals surface area contributed by atoms with Crippen LogP contribution in [-0.4, -0.2) is 42.8 Å². The van der Waals surface area contributed by atoms with E-state index in [-0.39, 0.29) is 12.5 Å². The van der Waals surface area contributed by atoms with Crippen LogP contribution in [0, 0.1) is 0 Å². The molecule has 0 unspecified atom stereocenters. The van der Waals surface area contributed by atoms with Gasteiger partial charge in [0.15, 0.2) is 0 Å². The number of hydrogen-bond donors (Lipinski definition) is 0. The van der Waals surface area contributed by atoms with E-state index >= 15 is 0 Å². The van der Waals surface area contributed by atoms with Gasteiger partial charge in [0.2, 0.25) is 0 Å². The third-order valence-corrected chi connectivity index (χ3v) is 1.79. The number of nitrogens with zero attached hydrogens (tertiary/aromatic N) is 2. The fourth-order valence-corrected chi connectivity index (χ4v) is 1.09. The molecule has 0 aliphatic carbocycles. The highest BCUT2D eigenvalue weighted by molar-refractivity contribution is 5.71. The average Bonchev–Trinajstić information content (AvgIpc) is 2.28. The van der Waals surface area contributed by atoms with Crippen molar-refractivity contribution in [1.82, 2.24) is 9.88 Å². The number of pyridine rings is 1. The summed E-state index contributed by atoms with van der Waals surface area (Å²) in [6.07, 6.45) is 3.30. The quantitative estimate of drug-likeness (QED) is 0.531. The van der Waals surface area contributed by atoms with Gasteiger partial charge in [-0.3, -0.25) is 14.7 Å². The smallest absolute Gasteiger partial charge is 0.320 e. The molecule has 5 heteroatoms. The Morgan fingerprint density at radius 2 is 2.38 bits per heavy atom. The molecule has 0 radical (unpaired) electrons. The first-order valence-corrected chi connectivity index (χ1v) is 5.09. The van der Waals surface area contributed by atoms with Gasteiger partial charge in [-0.15, -0.1) is 0 Å². The van der Waals surface area contributed by atoms with Gasteiger partial charge >= 0.3 is 5.97 Å². The molecule has 0 aromatic carbocycles. The molecule has 0 fully saturated rings. The molecule has 0 N–H and O–H groups in total. The van der Waals surface area contributed by atoms with E-state index in [9.17, 15) is 4.79 Å². The van der Waals surface area contributed by atoms with Crippen molar-refractivity contribution < 1.29 is 14.3 Å². The van der Waals surface area contributed by atoms with Crippen LogP contribution in [0.2, 0.25) is 0 Å². The lowest BCUT2D eigenvalue weighted by atomic mass is 10.5. The van der Waals surface area contributed by atoms with Crippen LogP contribution in [0.3, 0.4) is 0 Å². The maximum atomic E-state index is 11.1. The van der Waals surface area contributed by atoms with Crippen LogP contribution in [-0.2, 0) is 9.53 Å². The van der Waals surface area contributed by atoms with Gasteiger partial charge in [-0.2, -0.15) is 0 Å². The largest absolute Gasteiger partial charge is 0.477 e. The zero-order valence-electron chi connectivity index (χ0n) is 9.55. The lowest BCUT2D eigenvalue weighted by molar-refractivity contribution is -0.144. The molecule has 0 amide bonds. The van der Waals surface area contributed by atoms with Crippen LogP contribution < -0.4 is 4.74 Å². The third-order valence-electron chi connectivity index (χ3n) is 1.79. The maximum absolute atomic E-state index is 11.1. The van der Waals surface area contributed by atoms with Crippen molar-refractivity contribution >= 4 is 5.97 Å². The maximum Gasteiger partial charge on any atom is 0.320 e. The molecule has 1 heterocycles. The van der Waals surface area contributed by atoms with Gasteiger partial charge in [-0.05, 0) is 26.1 Å². The first-order chi connectivity index (χ1) is 7.72. The molecular weight excluding hydrogens is 208 g/mol. The fourth-order valence-electron chi connectivity index (χ4n) is 1.09. The number of rotatable bonds is 6. The van der Waals surface area contributed by atoms with Crippen molar-refractivity contribution in [2.24, 2.45) is 0 Å². The number of carbonyl (C=O) groups excluding carboxylic acids is 1. The first-order valence-electron chi connectivity index (χ1n) is 5.09. The van der Waals surface area contributed by atoms with E-state index in [1.54, 1.807) is 37.3 Å². The highest BCUT2D eigenvalue weighted by Gasteiger charge is 2.07. The van der Waals surface area contributed by atoms with Crippen molar-refractivity contribution in [3.8, 4) is 5.75 Å². The summed E-state index contributed by atoms with van der Waals surface area (Å²) >= 11 is 0. The Balaban J connectivity index is 2.25. The second-order valence-electron chi connectivity index (χ2n) is 3.28. The highest BCUT2D eigenvalue weighted by atomic mass is 16.5. The molecule has 16 heavy (non-hydrogen) atoms. The van der Waals surface area contributed by atoms with Crippen LogP contribution in [0.15, 0.2) is 24.5 Å². The van der Waals surface area contributed by atoms with Crippen molar-refractivity contribution in [1.29, 1.82) is 0 Å². The number of ether oxygens (including phenoxy) is 2. The van der Waals surface area contributed by atoms with Crippen molar-refractivity contribution in [2.75, 3.05) is 26.9 Å². The van der Waals surface area contributed by atoms with Gasteiger partial charge < -0.3 is 9.47 Å². The Kier molecular flexibility index (Phi) is 5.28. The predicted octanol–water partition coefficient (Wildman–Crippen LogP) is 0.913. The molecule has 0 spiro atoms. The van der Waals surface area contributed by atoms with Gasteiger partial charge in [0.25, 0.3) is 0 Å². The summed E-state index contributed by atoms with van der Waals surface area (Å²) in [6, 6.07) is 3.60. The monoisotopic (exact) mass is 224 g/mol. The van der Waals surface area contributed by atoms with Gasteiger partial charge in [-0.1, -0.05) is 0 Å². The van der Waals surface area contributed by atoms with Gasteiger partial charge in [0.1, 0.15) is 12.5 Å². The van der Waals surface area contributed by atoms with Gasteiger partial charge in [0.05, 0.1) is 19.3 Å². The van der Waals surface area contributed by atoms with Crippen molar-refractivity contribution in [3.63, 3.8) is 0 Å². The molecule has 0 bridgehead atoms. The molecule has 0 atom stereocenters. The molecule has 0 aliphatic heterocycles. The van der Waals surface area contributed by atoms with Crippen LogP contribution >= 0.6 is 0 Å². The summed E-state index contributed by atoms with van der Waals surface area (Å²) < 4.78 is 10.2. The minimum Gasteiger partial charge on any atom is -0.477 e. The molecule has 5 nitrogen and oxygen atoms in total. The molecular formula is C11H16N2O3. The summed E-state index contributed by atoms with van der Waals surface area (Å²) in [6.45, 7) is 2.72. The standard InChI is InChI=1S/C11H16N2O3/c1-3-15-11(14)8-13(2)9-16-10-5-4-6-12-7-10/h4-7H,3,8-9H2,1-2H3. The summed E-state index contributed by atoms with van der Waals surface area (Å²) in [5, 5.41) is 0. The van der Waals surface area contributed by atoms with E-state index in [2.05, 4.69) is 4.98 Å². The van der Waals surface area contributed by atoms with Crippen LogP contribution in [0.1, 0.15) is 6.92 Å². The highest BCUT2D eigenvalue weighted by Crippen LogP contribution is 2.05. The summed E-state index contributed by atoms with van der Waals surface area (Å²) in [4.78, 5) is 16.8. The van der Waals surface area contributed by atoms with E-state index in [1.807, 2.05) is 6.07 Å². The number of aromatic nitrogens is 1. The lowest BCUT2D eigenvalue weighted by Gasteiger charge is -2.15. The topological polar surface area (TPSA) is 51.7 Å². The number of hydrogen-bond acceptors (Lipinski definition) is 5. The molecule has 88 valence electrons. The third kappa shape index (κ3) is 4.75. The van der Waals surface area contributed by atoms with Crippen LogP contribution in [0.4, 0.5) is 0 Å². The second kappa shape index (κ2) is 6.79. The summed E-state index contributed by atoms with van der Waals surface area (Å²) in [5.41, 5.74) is 0. The van der Waals surface area contributed by atoms with Crippen LogP contribution in [0.25, 0.3) is 0 Å². The SMILES string of the molecule is CCOC(=O)CN(C)COc1cccnc1. The van der Waals surface area contributed by atoms with Crippen molar-refractivity contribution in [2.45, 2.75) is 6.92 Å². The lowest BCUT2D eigenvalue weighted by Crippen LogP contribution is -2.30. The Bertz CT molecular complexity index is 316. The molecule has 1 rings (SSSR count). The second-order valence-corrected chi connectivity index (χ2v) is 3.28. The predicted molar refractivity (Wildman–Crippen MR) is 59.0 cm³/mol. The normalized spacial score (nSPS) is 10.2. The van der Waals surface area contributed by atoms with E-state index in [1.165, 1.54) is 0 Å². The Hall–Kier alpha value is -1.62. The number of likely N-dealkylation sites (N-methyl/N-ethyl adjacent to an activating group) is 1. The molecule has 0 saturated carbocycles. The van der Waals surface area contributed by atoms with E-state index in [4.69, 9.17) is 9.47 Å². The molecule has 1 aromatic heterocycles. The Labute approximate surface area is 95.0 Å². The summed E-state index contributed by atoms with van der Waals surface area (Å²) in [5.74, 6) is 0.429. The van der Waals surface area contributed by atoms with Crippen molar-refractivity contribution in [3.05, 3.63) is 24.5 Å². The van der Waals surface area contributed by atoms with Crippen LogP contribution in [0.5, 0.6) is 5.75 Å². The average molecular weight is 224 g/mol. The minimum absolute atomic E-state index is 0.216. The van der Waals surface area contributed by atoms with E-state index in [0.29, 0.717) is 19.1 Å². The molecule has 1 aromatic rings. The number of carbonyl (C=O) groups is 1. The first kappa shape index (κ1) is 12.4.